The third kappa shape index (κ3) is 2.59. The molecule has 0 aromatic carbocycles. The van der Waals surface area contributed by atoms with Gasteiger partial charge in [0.25, 0.3) is 0 Å². The second-order valence-corrected chi connectivity index (χ2v) is 3.80. The fourth-order valence-electron chi connectivity index (χ4n) is 1.81. The molecule has 1 fully saturated rings. The van der Waals surface area contributed by atoms with Crippen molar-refractivity contribution in [3.63, 3.8) is 0 Å². The van der Waals surface area contributed by atoms with Gasteiger partial charge in [-0.1, -0.05) is 6.92 Å². The first-order valence-electron chi connectivity index (χ1n) is 4.90. The van der Waals surface area contributed by atoms with Crippen molar-refractivity contribution in [3.05, 3.63) is 0 Å². The molecule has 0 heterocycles. The highest BCUT2D eigenvalue weighted by atomic mass is 16.3. The van der Waals surface area contributed by atoms with E-state index in [0.717, 1.165) is 25.2 Å². The van der Waals surface area contributed by atoms with Crippen LogP contribution in [-0.2, 0) is 0 Å². The molecule has 0 radical (unpaired) electrons. The number of hydrogen-bond donors (Lipinski definition) is 1. The second kappa shape index (κ2) is 4.61. The summed E-state index contributed by atoms with van der Waals surface area (Å²) in [5, 5.41) is 9.68. The van der Waals surface area contributed by atoms with Crippen molar-refractivity contribution < 1.29 is 5.11 Å². The van der Waals surface area contributed by atoms with Crippen molar-refractivity contribution in [1.82, 2.24) is 0 Å². The van der Waals surface area contributed by atoms with Gasteiger partial charge in [-0.05, 0) is 44.7 Å². The van der Waals surface area contributed by atoms with Crippen molar-refractivity contribution in [2.24, 2.45) is 10.9 Å². The van der Waals surface area contributed by atoms with Gasteiger partial charge in [0, 0.05) is 0 Å². The molecule has 2 nitrogen and oxygen atoms in total. The topological polar surface area (TPSA) is 32.6 Å². The van der Waals surface area contributed by atoms with Crippen LogP contribution in [0.15, 0.2) is 4.99 Å². The maximum absolute atomic E-state index is 9.68. The van der Waals surface area contributed by atoms with E-state index in [1.807, 2.05) is 13.1 Å². The zero-order valence-corrected chi connectivity index (χ0v) is 8.03. The Labute approximate surface area is 74.7 Å². The summed E-state index contributed by atoms with van der Waals surface area (Å²) in [5.41, 5.74) is 0. The fraction of sp³-hybridized carbons (Fsp3) is 0.900. The SMILES string of the molecule is CC=NC1CCC(C)CCC1O. The molecule has 1 saturated carbocycles. The predicted molar refractivity (Wildman–Crippen MR) is 51.6 cm³/mol. The maximum atomic E-state index is 9.68. The minimum Gasteiger partial charge on any atom is -0.391 e. The standard InChI is InChI=1S/C10H19NO/c1-3-11-9-6-4-8(2)5-7-10(9)12/h3,8-10,12H,4-7H2,1-2H3. The molecule has 2 heteroatoms. The van der Waals surface area contributed by atoms with E-state index in [-0.39, 0.29) is 12.1 Å². The summed E-state index contributed by atoms with van der Waals surface area (Å²) < 4.78 is 0. The Bertz CT molecular complexity index is 156. The van der Waals surface area contributed by atoms with Crippen molar-refractivity contribution in [1.29, 1.82) is 0 Å². The summed E-state index contributed by atoms with van der Waals surface area (Å²) >= 11 is 0. The van der Waals surface area contributed by atoms with Crippen LogP contribution in [0.5, 0.6) is 0 Å². The van der Waals surface area contributed by atoms with E-state index in [1.54, 1.807) is 0 Å². The first-order valence-corrected chi connectivity index (χ1v) is 4.90. The van der Waals surface area contributed by atoms with E-state index >= 15 is 0 Å². The minimum absolute atomic E-state index is 0.167. The van der Waals surface area contributed by atoms with Gasteiger partial charge in [0.2, 0.25) is 0 Å². The summed E-state index contributed by atoms with van der Waals surface area (Å²) in [6.45, 7) is 4.17. The van der Waals surface area contributed by atoms with Crippen LogP contribution in [0.1, 0.15) is 39.5 Å². The fourth-order valence-corrected chi connectivity index (χ4v) is 1.81. The minimum atomic E-state index is -0.203. The highest BCUT2D eigenvalue weighted by molar-refractivity contribution is 5.53. The molecule has 1 aliphatic rings. The van der Waals surface area contributed by atoms with Gasteiger partial charge in [0.1, 0.15) is 0 Å². The lowest BCUT2D eigenvalue weighted by Gasteiger charge is -2.14. The van der Waals surface area contributed by atoms with E-state index in [1.165, 1.54) is 6.42 Å². The Hall–Kier alpha value is -0.370. The Morgan fingerprint density at radius 3 is 2.58 bits per heavy atom. The van der Waals surface area contributed by atoms with Crippen LogP contribution in [0.4, 0.5) is 0 Å². The van der Waals surface area contributed by atoms with Gasteiger partial charge in [0.15, 0.2) is 0 Å². The zero-order chi connectivity index (χ0) is 8.97. The molecule has 0 aliphatic heterocycles. The van der Waals surface area contributed by atoms with Crippen molar-refractivity contribution >= 4 is 6.21 Å². The van der Waals surface area contributed by atoms with E-state index in [9.17, 15) is 5.11 Å². The number of aliphatic imine (C=N–C) groups is 1. The number of rotatable bonds is 1. The van der Waals surface area contributed by atoms with Crippen LogP contribution in [0.25, 0.3) is 0 Å². The second-order valence-electron chi connectivity index (χ2n) is 3.80. The summed E-state index contributed by atoms with van der Waals surface area (Å²) in [6.07, 6.45) is 5.93. The lowest BCUT2D eigenvalue weighted by atomic mass is 10.0. The Balaban J connectivity index is 2.49. The Morgan fingerprint density at radius 1 is 1.25 bits per heavy atom. The molecule has 0 bridgehead atoms. The molecule has 0 aromatic heterocycles. The molecular weight excluding hydrogens is 150 g/mol. The highest BCUT2D eigenvalue weighted by Gasteiger charge is 2.22. The van der Waals surface area contributed by atoms with Gasteiger partial charge >= 0.3 is 0 Å². The molecule has 3 atom stereocenters. The van der Waals surface area contributed by atoms with Gasteiger partial charge < -0.3 is 5.11 Å². The molecule has 70 valence electrons. The summed E-state index contributed by atoms with van der Waals surface area (Å²) in [6, 6.07) is 0.167. The van der Waals surface area contributed by atoms with Gasteiger partial charge in [-0.15, -0.1) is 0 Å². The van der Waals surface area contributed by atoms with Crippen molar-refractivity contribution in [2.45, 2.75) is 51.7 Å². The number of aliphatic hydroxyl groups excluding tert-OH is 1. The summed E-state index contributed by atoms with van der Waals surface area (Å²) in [5.74, 6) is 0.761. The highest BCUT2D eigenvalue weighted by Crippen LogP contribution is 2.24. The largest absolute Gasteiger partial charge is 0.391 e. The average molecular weight is 169 g/mol. The molecule has 0 amide bonds. The lowest BCUT2D eigenvalue weighted by Crippen LogP contribution is -2.22. The molecule has 12 heavy (non-hydrogen) atoms. The van der Waals surface area contributed by atoms with Crippen LogP contribution in [0, 0.1) is 5.92 Å². The predicted octanol–water partition coefficient (Wildman–Crippen LogP) is 2.02. The molecule has 0 aromatic rings. The van der Waals surface area contributed by atoms with E-state index in [4.69, 9.17) is 0 Å². The zero-order valence-electron chi connectivity index (χ0n) is 8.03. The average Bonchev–Trinajstić information content (AvgIpc) is 2.20. The van der Waals surface area contributed by atoms with Crippen LogP contribution in [0.3, 0.4) is 0 Å². The Morgan fingerprint density at radius 2 is 1.92 bits per heavy atom. The molecule has 0 saturated heterocycles. The molecule has 3 unspecified atom stereocenters. The normalized spacial score (nSPS) is 38.4. The number of hydrogen-bond acceptors (Lipinski definition) is 2. The number of nitrogens with zero attached hydrogens (tertiary/aromatic N) is 1. The molecule has 1 aliphatic carbocycles. The first-order chi connectivity index (χ1) is 5.74. The van der Waals surface area contributed by atoms with Crippen LogP contribution < -0.4 is 0 Å². The van der Waals surface area contributed by atoms with Crippen LogP contribution in [0.2, 0.25) is 0 Å². The Kier molecular flexibility index (Phi) is 3.73. The summed E-state index contributed by atoms with van der Waals surface area (Å²) in [4.78, 5) is 4.28. The first kappa shape index (κ1) is 9.72. The maximum Gasteiger partial charge on any atom is 0.0763 e. The van der Waals surface area contributed by atoms with E-state index in [0.29, 0.717) is 0 Å². The summed E-state index contributed by atoms with van der Waals surface area (Å²) in [7, 11) is 0. The quantitative estimate of drug-likeness (QED) is 0.472. The third-order valence-corrected chi connectivity index (χ3v) is 2.70. The molecule has 0 spiro atoms. The van der Waals surface area contributed by atoms with Crippen molar-refractivity contribution in [3.8, 4) is 0 Å². The smallest absolute Gasteiger partial charge is 0.0763 e. The van der Waals surface area contributed by atoms with Crippen LogP contribution in [-0.4, -0.2) is 23.5 Å². The van der Waals surface area contributed by atoms with Gasteiger partial charge in [-0.3, -0.25) is 4.99 Å². The van der Waals surface area contributed by atoms with Gasteiger partial charge in [-0.25, -0.2) is 0 Å². The van der Waals surface area contributed by atoms with Gasteiger partial charge in [0.05, 0.1) is 12.1 Å². The van der Waals surface area contributed by atoms with E-state index < -0.39 is 0 Å². The van der Waals surface area contributed by atoms with E-state index in [2.05, 4.69) is 11.9 Å². The molecular formula is C10H19NO. The lowest BCUT2D eigenvalue weighted by molar-refractivity contribution is 0.137. The molecule has 1 N–H and O–H groups in total. The third-order valence-electron chi connectivity index (χ3n) is 2.70. The van der Waals surface area contributed by atoms with Crippen molar-refractivity contribution in [2.75, 3.05) is 0 Å². The monoisotopic (exact) mass is 169 g/mol. The van der Waals surface area contributed by atoms with Crippen LogP contribution >= 0.6 is 0 Å². The van der Waals surface area contributed by atoms with Gasteiger partial charge in [-0.2, -0.15) is 0 Å². The number of aliphatic hydroxyl groups is 1. The molecule has 1 rings (SSSR count).